The van der Waals surface area contributed by atoms with Crippen molar-refractivity contribution < 1.29 is 18.0 Å². The summed E-state index contributed by atoms with van der Waals surface area (Å²) < 4.78 is 26.4. The second kappa shape index (κ2) is 9.30. The first-order chi connectivity index (χ1) is 16.1. The molecule has 3 aromatic rings. The molecule has 0 aliphatic carbocycles. The van der Waals surface area contributed by atoms with Crippen molar-refractivity contribution in [2.75, 3.05) is 22.1 Å². The van der Waals surface area contributed by atoms with Gasteiger partial charge in [0.15, 0.2) is 9.84 Å². The molecule has 0 radical (unpaired) electrons. The third-order valence-electron chi connectivity index (χ3n) is 6.00. The number of nitrogens with one attached hydrogen (secondary N) is 2. The Labute approximate surface area is 197 Å². The molecular formula is C24H26N4O5S. The van der Waals surface area contributed by atoms with Crippen molar-refractivity contribution >= 4 is 33.0 Å². The first kappa shape index (κ1) is 23.5. The lowest BCUT2D eigenvalue weighted by Gasteiger charge is -2.10. The van der Waals surface area contributed by atoms with E-state index in [2.05, 4.69) is 10.6 Å². The van der Waals surface area contributed by atoms with E-state index >= 15 is 0 Å². The highest BCUT2D eigenvalue weighted by Crippen LogP contribution is 2.22. The Bertz CT molecular complexity index is 1410. The zero-order valence-electron chi connectivity index (χ0n) is 18.9. The minimum Gasteiger partial charge on any atom is -0.326 e. The van der Waals surface area contributed by atoms with Gasteiger partial charge in [-0.2, -0.15) is 0 Å². The van der Waals surface area contributed by atoms with E-state index in [-0.39, 0.29) is 46.6 Å². The number of carbonyl (C=O) groups excluding carboxylic acids is 2. The summed E-state index contributed by atoms with van der Waals surface area (Å²) in [6.45, 7) is 1.75. The molecule has 0 saturated carbocycles. The van der Waals surface area contributed by atoms with Crippen LogP contribution in [0, 0.1) is 12.8 Å². The second-order valence-corrected chi connectivity index (χ2v) is 10.7. The van der Waals surface area contributed by atoms with Crippen LogP contribution in [0.4, 0.5) is 11.4 Å². The van der Waals surface area contributed by atoms with Crippen LogP contribution in [-0.4, -0.2) is 41.1 Å². The van der Waals surface area contributed by atoms with Crippen molar-refractivity contribution in [3.8, 4) is 5.69 Å². The van der Waals surface area contributed by atoms with Gasteiger partial charge in [-0.25, -0.2) is 13.1 Å². The van der Waals surface area contributed by atoms with Crippen LogP contribution in [0.15, 0.2) is 59.4 Å². The molecule has 1 aromatic heterocycles. The lowest BCUT2D eigenvalue weighted by atomic mass is 10.0. The monoisotopic (exact) mass is 482 g/mol. The van der Waals surface area contributed by atoms with Gasteiger partial charge in [0.25, 0.3) is 11.5 Å². The SMILES string of the molecule is Cc1c(NC(=O)c2cccc(NC(=O)C[C@@H]3CCS(=O)(=O)C3)c2)c(=O)n(-c2ccccc2)n1C. The molecule has 178 valence electrons. The first-order valence-corrected chi connectivity index (χ1v) is 12.7. The number of amides is 2. The van der Waals surface area contributed by atoms with E-state index in [9.17, 15) is 22.8 Å². The van der Waals surface area contributed by atoms with Crippen LogP contribution < -0.4 is 16.2 Å². The molecule has 0 spiro atoms. The van der Waals surface area contributed by atoms with Crippen molar-refractivity contribution in [1.29, 1.82) is 0 Å². The van der Waals surface area contributed by atoms with E-state index in [1.165, 1.54) is 10.7 Å². The maximum Gasteiger partial charge on any atom is 0.295 e. The predicted octanol–water partition coefficient (Wildman–Crippen LogP) is 2.50. The summed E-state index contributed by atoms with van der Waals surface area (Å²) >= 11 is 0. The Morgan fingerprint density at radius 2 is 1.79 bits per heavy atom. The third kappa shape index (κ3) is 4.96. The van der Waals surface area contributed by atoms with Crippen LogP contribution in [0.2, 0.25) is 0 Å². The molecule has 2 heterocycles. The fourth-order valence-electron chi connectivity index (χ4n) is 4.14. The highest BCUT2D eigenvalue weighted by Gasteiger charge is 2.29. The molecule has 1 aliphatic heterocycles. The maximum absolute atomic E-state index is 13.0. The van der Waals surface area contributed by atoms with E-state index in [0.717, 1.165) is 0 Å². The molecule has 2 aromatic carbocycles. The normalized spacial score (nSPS) is 16.8. The number of hydrogen-bond acceptors (Lipinski definition) is 5. The zero-order valence-corrected chi connectivity index (χ0v) is 19.8. The van der Waals surface area contributed by atoms with Gasteiger partial charge < -0.3 is 10.6 Å². The fourth-order valence-corrected chi connectivity index (χ4v) is 6.01. The van der Waals surface area contributed by atoms with E-state index in [0.29, 0.717) is 23.5 Å². The number of benzene rings is 2. The number of anilines is 2. The molecule has 1 saturated heterocycles. The lowest BCUT2D eigenvalue weighted by Crippen LogP contribution is -2.23. The third-order valence-corrected chi connectivity index (χ3v) is 7.84. The Kier molecular flexibility index (Phi) is 6.43. The van der Waals surface area contributed by atoms with E-state index < -0.39 is 15.7 Å². The summed E-state index contributed by atoms with van der Waals surface area (Å²) in [6.07, 6.45) is 0.590. The zero-order chi connectivity index (χ0) is 24.5. The van der Waals surface area contributed by atoms with Gasteiger partial charge in [0, 0.05) is 24.7 Å². The van der Waals surface area contributed by atoms with Gasteiger partial charge in [-0.05, 0) is 49.6 Å². The number of nitrogens with zero attached hydrogens (tertiary/aromatic N) is 2. The van der Waals surface area contributed by atoms with E-state index in [4.69, 9.17) is 0 Å². The van der Waals surface area contributed by atoms with Crippen LogP contribution in [0.1, 0.15) is 28.9 Å². The highest BCUT2D eigenvalue weighted by atomic mass is 32.2. The van der Waals surface area contributed by atoms with E-state index in [1.54, 1.807) is 49.0 Å². The fraction of sp³-hybridized carbons (Fsp3) is 0.292. The topological polar surface area (TPSA) is 119 Å². The average Bonchev–Trinajstić information content (AvgIpc) is 3.24. The van der Waals surface area contributed by atoms with Gasteiger partial charge in [-0.3, -0.25) is 19.1 Å². The summed E-state index contributed by atoms with van der Waals surface area (Å²) in [5.41, 5.74) is 1.79. The van der Waals surface area contributed by atoms with Crippen LogP contribution in [0.5, 0.6) is 0 Å². The quantitative estimate of drug-likeness (QED) is 0.560. The molecule has 2 N–H and O–H groups in total. The molecule has 10 heteroatoms. The van der Waals surface area contributed by atoms with Gasteiger partial charge >= 0.3 is 0 Å². The van der Waals surface area contributed by atoms with Gasteiger partial charge in [0.2, 0.25) is 5.91 Å². The summed E-state index contributed by atoms with van der Waals surface area (Å²) in [5.74, 6) is -0.830. The van der Waals surface area contributed by atoms with Crippen molar-refractivity contribution in [2.24, 2.45) is 13.0 Å². The number of aromatic nitrogens is 2. The molecule has 1 atom stereocenters. The molecular weight excluding hydrogens is 456 g/mol. The highest BCUT2D eigenvalue weighted by molar-refractivity contribution is 7.91. The largest absolute Gasteiger partial charge is 0.326 e. The molecule has 1 aliphatic rings. The number of carbonyl (C=O) groups is 2. The molecule has 9 nitrogen and oxygen atoms in total. The van der Waals surface area contributed by atoms with Gasteiger partial charge in [0.05, 0.1) is 22.9 Å². The van der Waals surface area contributed by atoms with Crippen LogP contribution >= 0.6 is 0 Å². The summed E-state index contributed by atoms with van der Waals surface area (Å²) in [4.78, 5) is 38.3. The van der Waals surface area contributed by atoms with Gasteiger partial charge in [-0.15, -0.1) is 0 Å². The smallest absolute Gasteiger partial charge is 0.295 e. The Morgan fingerprint density at radius 3 is 2.47 bits per heavy atom. The summed E-state index contributed by atoms with van der Waals surface area (Å²) in [5, 5.41) is 5.43. The lowest BCUT2D eigenvalue weighted by molar-refractivity contribution is -0.116. The van der Waals surface area contributed by atoms with Crippen molar-refractivity contribution in [2.45, 2.75) is 19.8 Å². The summed E-state index contributed by atoms with van der Waals surface area (Å²) in [7, 11) is -1.31. The number of rotatable bonds is 6. The number of para-hydroxylation sites is 1. The molecule has 1 fully saturated rings. The van der Waals surface area contributed by atoms with Crippen LogP contribution in [0.3, 0.4) is 0 Å². The summed E-state index contributed by atoms with van der Waals surface area (Å²) in [6, 6.07) is 15.5. The number of sulfone groups is 1. The van der Waals surface area contributed by atoms with Crippen molar-refractivity contribution in [1.82, 2.24) is 9.36 Å². The Hall–Kier alpha value is -3.66. The standard InChI is InChI=1S/C24H26N4O5S/c1-16-22(24(31)28(27(16)2)20-9-4-3-5-10-20)26-23(30)18-7-6-8-19(14-18)25-21(29)13-17-11-12-34(32,33)15-17/h3-10,14,17H,11-13,15H2,1-2H3,(H,25,29)(H,26,30)/t17-/m0/s1. The molecule has 0 unspecified atom stereocenters. The first-order valence-electron chi connectivity index (χ1n) is 10.9. The Morgan fingerprint density at radius 1 is 1.06 bits per heavy atom. The van der Waals surface area contributed by atoms with Crippen LogP contribution in [-0.2, 0) is 21.7 Å². The molecule has 34 heavy (non-hydrogen) atoms. The molecule has 2 amide bonds. The second-order valence-electron chi connectivity index (χ2n) is 8.49. The maximum atomic E-state index is 13.0. The Balaban J connectivity index is 1.48. The van der Waals surface area contributed by atoms with Crippen LogP contribution in [0.25, 0.3) is 5.69 Å². The number of hydrogen-bond donors (Lipinski definition) is 2. The minimum atomic E-state index is -3.05. The van der Waals surface area contributed by atoms with Gasteiger partial charge in [-0.1, -0.05) is 24.3 Å². The predicted molar refractivity (Wildman–Crippen MR) is 130 cm³/mol. The van der Waals surface area contributed by atoms with Crippen molar-refractivity contribution in [3.63, 3.8) is 0 Å². The molecule has 0 bridgehead atoms. The average molecular weight is 483 g/mol. The minimum absolute atomic E-state index is 0.0276. The van der Waals surface area contributed by atoms with E-state index in [1.807, 2.05) is 18.2 Å². The van der Waals surface area contributed by atoms with Gasteiger partial charge in [0.1, 0.15) is 5.69 Å². The molecule has 4 rings (SSSR count). The van der Waals surface area contributed by atoms with Crippen molar-refractivity contribution in [3.05, 3.63) is 76.2 Å².